The van der Waals surface area contributed by atoms with Crippen molar-refractivity contribution >= 4 is 11.8 Å². The zero-order valence-electron chi connectivity index (χ0n) is 11.2. The third-order valence-corrected chi connectivity index (χ3v) is 4.59. The highest BCUT2D eigenvalue weighted by Gasteiger charge is 2.27. The molecule has 1 aliphatic rings. The molecule has 2 atom stereocenters. The molecule has 5 heteroatoms. The first-order chi connectivity index (χ1) is 8.72. The van der Waals surface area contributed by atoms with E-state index < -0.39 is 0 Å². The maximum Gasteiger partial charge on any atom is 0.111 e. The lowest BCUT2D eigenvalue weighted by atomic mass is 10.1. The van der Waals surface area contributed by atoms with E-state index in [1.165, 1.54) is 5.75 Å². The number of aromatic nitrogens is 2. The zero-order valence-corrected chi connectivity index (χ0v) is 12.1. The summed E-state index contributed by atoms with van der Waals surface area (Å²) in [6.45, 7) is 4.21. The number of aliphatic hydroxyl groups is 1. The fourth-order valence-corrected chi connectivity index (χ4v) is 3.71. The predicted molar refractivity (Wildman–Crippen MR) is 76.0 cm³/mol. The van der Waals surface area contributed by atoms with Crippen LogP contribution in [0.2, 0.25) is 0 Å². The van der Waals surface area contributed by atoms with Gasteiger partial charge in [0.15, 0.2) is 0 Å². The third kappa shape index (κ3) is 3.28. The van der Waals surface area contributed by atoms with Crippen molar-refractivity contribution in [1.29, 1.82) is 0 Å². The number of aryl methyl sites for hydroxylation is 1. The summed E-state index contributed by atoms with van der Waals surface area (Å²) in [7, 11) is 2.10. The first kappa shape index (κ1) is 13.9. The highest BCUT2D eigenvalue weighted by atomic mass is 32.2. The molecule has 18 heavy (non-hydrogen) atoms. The number of hydrogen-bond donors (Lipinski definition) is 1. The van der Waals surface area contributed by atoms with Gasteiger partial charge in [-0.2, -0.15) is 11.8 Å². The van der Waals surface area contributed by atoms with E-state index in [1.54, 1.807) is 0 Å². The van der Waals surface area contributed by atoms with Crippen molar-refractivity contribution in [2.75, 3.05) is 25.1 Å². The minimum atomic E-state index is -0.319. The molecule has 1 aliphatic heterocycles. The molecule has 0 amide bonds. The summed E-state index contributed by atoms with van der Waals surface area (Å²) in [6.07, 6.45) is 5.27. The maximum atomic E-state index is 10.4. The molecule has 0 aromatic carbocycles. The van der Waals surface area contributed by atoms with Gasteiger partial charge < -0.3 is 9.67 Å². The van der Waals surface area contributed by atoms with Crippen LogP contribution in [0, 0.1) is 0 Å². The normalized spacial score (nSPS) is 23.2. The van der Waals surface area contributed by atoms with Gasteiger partial charge in [-0.1, -0.05) is 6.92 Å². The van der Waals surface area contributed by atoms with E-state index in [4.69, 9.17) is 0 Å². The van der Waals surface area contributed by atoms with Crippen molar-refractivity contribution in [3.8, 4) is 0 Å². The number of imidazole rings is 1. The monoisotopic (exact) mass is 269 g/mol. The lowest BCUT2D eigenvalue weighted by molar-refractivity contribution is 0.0741. The van der Waals surface area contributed by atoms with E-state index in [1.807, 2.05) is 24.2 Å². The van der Waals surface area contributed by atoms with Crippen LogP contribution in [0.5, 0.6) is 0 Å². The molecule has 102 valence electrons. The molecule has 4 nitrogen and oxygen atoms in total. The molecular weight excluding hydrogens is 246 g/mol. The molecule has 0 aliphatic carbocycles. The Morgan fingerprint density at radius 3 is 3.17 bits per heavy atom. The molecule has 1 fully saturated rings. The lowest BCUT2D eigenvalue weighted by Gasteiger charge is -2.35. The van der Waals surface area contributed by atoms with Crippen molar-refractivity contribution in [1.82, 2.24) is 14.5 Å². The molecule has 0 bridgehead atoms. The first-order valence-electron chi connectivity index (χ1n) is 6.68. The van der Waals surface area contributed by atoms with Gasteiger partial charge in [0.2, 0.25) is 0 Å². The Balaban J connectivity index is 1.97. The van der Waals surface area contributed by atoms with Crippen LogP contribution >= 0.6 is 11.8 Å². The zero-order chi connectivity index (χ0) is 13.0. The van der Waals surface area contributed by atoms with Gasteiger partial charge in [-0.05, 0) is 13.5 Å². The second kappa shape index (κ2) is 6.59. The Labute approximate surface area is 113 Å². The van der Waals surface area contributed by atoms with E-state index in [2.05, 4.69) is 28.4 Å². The van der Waals surface area contributed by atoms with Crippen molar-refractivity contribution in [2.45, 2.75) is 38.5 Å². The van der Waals surface area contributed by atoms with Gasteiger partial charge in [-0.3, -0.25) is 4.90 Å². The van der Waals surface area contributed by atoms with E-state index >= 15 is 0 Å². The van der Waals surface area contributed by atoms with Gasteiger partial charge in [-0.15, -0.1) is 0 Å². The van der Waals surface area contributed by atoms with E-state index in [-0.39, 0.29) is 12.1 Å². The smallest absolute Gasteiger partial charge is 0.111 e. The van der Waals surface area contributed by atoms with Gasteiger partial charge >= 0.3 is 0 Å². The fourth-order valence-electron chi connectivity index (χ4n) is 2.41. The lowest BCUT2D eigenvalue weighted by Crippen LogP contribution is -2.48. The van der Waals surface area contributed by atoms with E-state index in [9.17, 15) is 5.11 Å². The average Bonchev–Trinajstić information content (AvgIpc) is 2.78. The predicted octanol–water partition coefficient (Wildman–Crippen LogP) is 1.24. The molecule has 2 rings (SSSR count). The Bertz CT molecular complexity index is 369. The summed E-state index contributed by atoms with van der Waals surface area (Å²) in [6, 6.07) is 0.260. The van der Waals surface area contributed by atoms with Crippen molar-refractivity contribution in [3.63, 3.8) is 0 Å². The Morgan fingerprint density at radius 2 is 2.44 bits per heavy atom. The molecule has 1 aromatic heterocycles. The third-order valence-electron chi connectivity index (χ3n) is 3.55. The van der Waals surface area contributed by atoms with Crippen LogP contribution in [-0.2, 0) is 13.0 Å². The molecule has 2 unspecified atom stereocenters. The molecular formula is C13H23N3OS. The summed E-state index contributed by atoms with van der Waals surface area (Å²) in [4.78, 5) is 6.64. The van der Waals surface area contributed by atoms with Crippen LogP contribution in [-0.4, -0.2) is 56.8 Å². The minimum absolute atomic E-state index is 0.260. The summed E-state index contributed by atoms with van der Waals surface area (Å²) in [5, 5.41) is 10.4. The van der Waals surface area contributed by atoms with Gasteiger partial charge in [0.05, 0.1) is 6.10 Å². The van der Waals surface area contributed by atoms with E-state index in [0.717, 1.165) is 31.1 Å². The van der Waals surface area contributed by atoms with Gasteiger partial charge in [-0.25, -0.2) is 4.98 Å². The number of nitrogens with zero attached hydrogens (tertiary/aromatic N) is 3. The second-order valence-corrected chi connectivity index (χ2v) is 6.08. The number of thioether (sulfide) groups is 1. The van der Waals surface area contributed by atoms with Gasteiger partial charge in [0.1, 0.15) is 5.82 Å². The van der Waals surface area contributed by atoms with Crippen LogP contribution in [0.15, 0.2) is 12.4 Å². The number of hydrogen-bond acceptors (Lipinski definition) is 4. The molecule has 1 N–H and O–H groups in total. The van der Waals surface area contributed by atoms with Crippen molar-refractivity contribution in [2.24, 2.45) is 0 Å². The number of aliphatic hydroxyl groups excluding tert-OH is 1. The fraction of sp³-hybridized carbons (Fsp3) is 0.769. The molecule has 0 spiro atoms. The summed E-state index contributed by atoms with van der Waals surface area (Å²) < 4.78 is 2.15. The Hall–Kier alpha value is -0.520. The van der Waals surface area contributed by atoms with E-state index in [0.29, 0.717) is 6.42 Å². The Morgan fingerprint density at radius 1 is 1.61 bits per heavy atom. The topological polar surface area (TPSA) is 41.3 Å². The largest absolute Gasteiger partial charge is 0.391 e. The highest BCUT2D eigenvalue weighted by Crippen LogP contribution is 2.19. The summed E-state index contributed by atoms with van der Waals surface area (Å²) in [5.74, 6) is 3.20. The average molecular weight is 269 g/mol. The van der Waals surface area contributed by atoms with Crippen LogP contribution in [0.1, 0.15) is 19.2 Å². The molecule has 1 aromatic rings. The maximum absolute atomic E-state index is 10.4. The number of likely N-dealkylation sites (N-methyl/N-ethyl adjacent to an activating group) is 1. The van der Waals surface area contributed by atoms with Gasteiger partial charge in [0, 0.05) is 49.5 Å². The molecule has 1 saturated heterocycles. The molecule has 2 heterocycles. The van der Waals surface area contributed by atoms with Crippen molar-refractivity contribution < 1.29 is 5.11 Å². The molecule has 0 saturated carbocycles. The molecule has 0 radical (unpaired) electrons. The van der Waals surface area contributed by atoms with Crippen LogP contribution < -0.4 is 0 Å². The SMILES string of the molecule is CCCn1ccnc1CC(O)C1CSCCN1C. The standard InChI is InChI=1S/C13H23N3OS/c1-3-5-16-6-4-14-13(16)9-12(17)11-10-18-8-7-15(11)2/h4,6,11-12,17H,3,5,7-10H2,1-2H3. The number of rotatable bonds is 5. The Kier molecular flexibility index (Phi) is 5.09. The van der Waals surface area contributed by atoms with Gasteiger partial charge in [0.25, 0.3) is 0 Å². The highest BCUT2D eigenvalue weighted by molar-refractivity contribution is 7.99. The quantitative estimate of drug-likeness (QED) is 0.873. The second-order valence-electron chi connectivity index (χ2n) is 4.93. The first-order valence-corrected chi connectivity index (χ1v) is 7.84. The minimum Gasteiger partial charge on any atom is -0.391 e. The summed E-state index contributed by atoms with van der Waals surface area (Å²) in [5.41, 5.74) is 0. The summed E-state index contributed by atoms with van der Waals surface area (Å²) >= 11 is 1.93. The van der Waals surface area contributed by atoms with Crippen LogP contribution in [0.3, 0.4) is 0 Å². The van der Waals surface area contributed by atoms with Crippen LogP contribution in [0.4, 0.5) is 0 Å². The van der Waals surface area contributed by atoms with Crippen LogP contribution in [0.25, 0.3) is 0 Å². The van der Waals surface area contributed by atoms with Crippen molar-refractivity contribution in [3.05, 3.63) is 18.2 Å².